The van der Waals surface area contributed by atoms with Gasteiger partial charge in [0.1, 0.15) is 0 Å². The maximum absolute atomic E-state index is 13.3. The van der Waals surface area contributed by atoms with E-state index in [1.54, 1.807) is 30.0 Å². The lowest BCUT2D eigenvalue weighted by Gasteiger charge is -2.31. The highest BCUT2D eigenvalue weighted by atomic mass is 16.6. The summed E-state index contributed by atoms with van der Waals surface area (Å²) in [5.74, 6) is -0.551. The molecule has 1 saturated heterocycles. The molecular formula is C23H24N2O5. The van der Waals surface area contributed by atoms with Crippen molar-refractivity contribution in [3.8, 4) is 0 Å². The van der Waals surface area contributed by atoms with Gasteiger partial charge in [-0.2, -0.15) is 0 Å². The van der Waals surface area contributed by atoms with Crippen LogP contribution < -0.4 is 0 Å². The van der Waals surface area contributed by atoms with Crippen molar-refractivity contribution in [3.05, 3.63) is 75.8 Å². The molecule has 0 unspecified atom stereocenters. The van der Waals surface area contributed by atoms with E-state index in [9.17, 15) is 19.7 Å². The summed E-state index contributed by atoms with van der Waals surface area (Å²) >= 11 is 0. The minimum atomic E-state index is -0.457. The second kappa shape index (κ2) is 9.82. The van der Waals surface area contributed by atoms with Crippen LogP contribution in [-0.4, -0.2) is 41.4 Å². The highest BCUT2D eigenvalue weighted by molar-refractivity contribution is 6.24. The standard InChI is InChI=1S/C23H24N2O5/c1-2-30-23(27)19-11-13-24(14-12-19)22(26)21(18-8-4-3-5-9-18)16-17-7-6-10-20(15-17)25(28)29/h3-10,15-16,19H,2,11-14H2,1H3/b21-16+. The van der Waals surface area contributed by atoms with E-state index in [1.807, 2.05) is 30.3 Å². The van der Waals surface area contributed by atoms with Crippen LogP contribution in [0.3, 0.4) is 0 Å². The molecule has 0 aliphatic carbocycles. The van der Waals surface area contributed by atoms with Crippen LogP contribution in [0.2, 0.25) is 0 Å². The van der Waals surface area contributed by atoms with Crippen LogP contribution >= 0.6 is 0 Å². The van der Waals surface area contributed by atoms with Crippen LogP contribution in [-0.2, 0) is 14.3 Å². The van der Waals surface area contributed by atoms with E-state index < -0.39 is 4.92 Å². The van der Waals surface area contributed by atoms with Crippen molar-refractivity contribution in [1.29, 1.82) is 0 Å². The molecule has 0 bridgehead atoms. The Bertz CT molecular complexity index is 947. The first-order valence-electron chi connectivity index (χ1n) is 9.97. The molecule has 1 aliphatic heterocycles. The van der Waals surface area contributed by atoms with Gasteiger partial charge < -0.3 is 9.64 Å². The smallest absolute Gasteiger partial charge is 0.309 e. The summed E-state index contributed by atoms with van der Waals surface area (Å²) in [6.07, 6.45) is 2.80. The number of nitro groups is 1. The van der Waals surface area contributed by atoms with Crippen LogP contribution in [0.15, 0.2) is 54.6 Å². The lowest BCUT2D eigenvalue weighted by molar-refractivity contribution is -0.384. The molecule has 7 heteroatoms. The van der Waals surface area contributed by atoms with Gasteiger partial charge in [0.05, 0.1) is 17.4 Å². The van der Waals surface area contributed by atoms with E-state index in [-0.39, 0.29) is 23.5 Å². The zero-order valence-corrected chi connectivity index (χ0v) is 16.8. The number of nitro benzene ring substituents is 1. The fourth-order valence-corrected chi connectivity index (χ4v) is 3.53. The predicted molar refractivity (Wildman–Crippen MR) is 113 cm³/mol. The van der Waals surface area contributed by atoms with Crippen LogP contribution in [0.4, 0.5) is 5.69 Å². The number of non-ortho nitro benzene ring substituents is 1. The molecule has 2 aromatic carbocycles. The van der Waals surface area contributed by atoms with E-state index >= 15 is 0 Å². The predicted octanol–water partition coefficient (Wildman–Crippen LogP) is 3.94. The van der Waals surface area contributed by atoms with Crippen molar-refractivity contribution >= 4 is 29.2 Å². The van der Waals surface area contributed by atoms with Crippen molar-refractivity contribution in [2.45, 2.75) is 19.8 Å². The van der Waals surface area contributed by atoms with Crippen molar-refractivity contribution in [1.82, 2.24) is 4.90 Å². The van der Waals surface area contributed by atoms with Crippen LogP contribution in [0, 0.1) is 16.0 Å². The summed E-state index contributed by atoms with van der Waals surface area (Å²) in [4.78, 5) is 37.7. The second-order valence-electron chi connectivity index (χ2n) is 7.09. The number of hydrogen-bond acceptors (Lipinski definition) is 5. The maximum atomic E-state index is 13.3. The molecule has 0 N–H and O–H groups in total. The average Bonchev–Trinajstić information content (AvgIpc) is 2.78. The van der Waals surface area contributed by atoms with Gasteiger partial charge in [-0.05, 0) is 37.0 Å². The minimum Gasteiger partial charge on any atom is -0.466 e. The van der Waals surface area contributed by atoms with Crippen LogP contribution in [0.5, 0.6) is 0 Å². The molecule has 2 aromatic rings. The Morgan fingerprint density at radius 2 is 1.83 bits per heavy atom. The van der Waals surface area contributed by atoms with E-state index in [0.29, 0.717) is 43.7 Å². The quantitative estimate of drug-likeness (QED) is 0.237. The summed E-state index contributed by atoms with van der Waals surface area (Å²) in [5.41, 5.74) is 1.75. The first-order chi connectivity index (χ1) is 14.5. The third-order valence-electron chi connectivity index (χ3n) is 5.11. The van der Waals surface area contributed by atoms with E-state index in [2.05, 4.69) is 0 Å². The summed E-state index contributed by atoms with van der Waals surface area (Å²) < 4.78 is 5.09. The molecule has 7 nitrogen and oxygen atoms in total. The number of piperidine rings is 1. The van der Waals surface area contributed by atoms with Crippen molar-refractivity contribution < 1.29 is 19.2 Å². The maximum Gasteiger partial charge on any atom is 0.309 e. The Morgan fingerprint density at radius 1 is 1.13 bits per heavy atom. The van der Waals surface area contributed by atoms with Crippen LogP contribution in [0.25, 0.3) is 11.6 Å². The van der Waals surface area contributed by atoms with Gasteiger partial charge in [-0.15, -0.1) is 0 Å². The molecule has 0 aromatic heterocycles. The lowest BCUT2D eigenvalue weighted by atomic mass is 9.95. The molecule has 3 rings (SSSR count). The molecule has 30 heavy (non-hydrogen) atoms. The first-order valence-corrected chi connectivity index (χ1v) is 9.97. The molecular weight excluding hydrogens is 384 g/mol. The number of esters is 1. The Labute approximate surface area is 175 Å². The van der Waals surface area contributed by atoms with Crippen molar-refractivity contribution in [3.63, 3.8) is 0 Å². The summed E-state index contributed by atoms with van der Waals surface area (Å²) in [5, 5.41) is 11.1. The molecule has 1 aliphatic rings. The van der Waals surface area contributed by atoms with Gasteiger partial charge in [0, 0.05) is 30.8 Å². The zero-order chi connectivity index (χ0) is 21.5. The average molecular weight is 408 g/mol. The number of ether oxygens (including phenoxy) is 1. The number of likely N-dealkylation sites (tertiary alicyclic amines) is 1. The number of carbonyl (C=O) groups excluding carboxylic acids is 2. The molecule has 156 valence electrons. The molecule has 1 amide bonds. The topological polar surface area (TPSA) is 89.8 Å². The van der Waals surface area contributed by atoms with Gasteiger partial charge in [0.2, 0.25) is 0 Å². The molecule has 0 atom stereocenters. The highest BCUT2D eigenvalue weighted by Crippen LogP contribution is 2.26. The van der Waals surface area contributed by atoms with E-state index in [0.717, 1.165) is 5.56 Å². The number of amides is 1. The zero-order valence-electron chi connectivity index (χ0n) is 16.8. The molecule has 1 heterocycles. The summed E-state index contributed by atoms with van der Waals surface area (Å²) in [6.45, 7) is 3.05. The highest BCUT2D eigenvalue weighted by Gasteiger charge is 2.29. The third kappa shape index (κ3) is 5.11. The van der Waals surface area contributed by atoms with Gasteiger partial charge in [-0.25, -0.2) is 0 Å². The van der Waals surface area contributed by atoms with Gasteiger partial charge in [-0.3, -0.25) is 19.7 Å². The monoisotopic (exact) mass is 408 g/mol. The van der Waals surface area contributed by atoms with Gasteiger partial charge in [-0.1, -0.05) is 42.5 Å². The largest absolute Gasteiger partial charge is 0.466 e. The number of carbonyl (C=O) groups is 2. The second-order valence-corrected chi connectivity index (χ2v) is 7.09. The Kier molecular flexibility index (Phi) is 6.95. The van der Waals surface area contributed by atoms with E-state index in [1.165, 1.54) is 12.1 Å². The molecule has 0 saturated carbocycles. The first kappa shape index (κ1) is 21.2. The SMILES string of the molecule is CCOC(=O)C1CCN(C(=O)/C(=C/c2cccc([N+](=O)[O-])c2)c2ccccc2)CC1. The number of rotatable bonds is 6. The lowest BCUT2D eigenvalue weighted by Crippen LogP contribution is -2.41. The van der Waals surface area contributed by atoms with E-state index in [4.69, 9.17) is 4.74 Å². The number of benzene rings is 2. The Balaban J connectivity index is 1.85. The number of nitrogens with zero attached hydrogens (tertiary/aromatic N) is 2. The molecule has 0 radical (unpaired) electrons. The fraction of sp³-hybridized carbons (Fsp3) is 0.304. The Hall–Kier alpha value is -3.48. The van der Waals surface area contributed by atoms with Gasteiger partial charge in [0.15, 0.2) is 0 Å². The third-order valence-corrected chi connectivity index (χ3v) is 5.11. The number of hydrogen-bond donors (Lipinski definition) is 0. The van der Waals surface area contributed by atoms with Crippen molar-refractivity contribution in [2.24, 2.45) is 5.92 Å². The van der Waals surface area contributed by atoms with Crippen molar-refractivity contribution in [2.75, 3.05) is 19.7 Å². The molecule has 1 fully saturated rings. The minimum absolute atomic E-state index is 0.0288. The Morgan fingerprint density at radius 3 is 2.47 bits per heavy atom. The summed E-state index contributed by atoms with van der Waals surface area (Å²) in [7, 11) is 0. The summed E-state index contributed by atoms with van der Waals surface area (Å²) in [6, 6.07) is 15.4. The normalized spacial score (nSPS) is 15.0. The van der Waals surface area contributed by atoms with Gasteiger partial charge >= 0.3 is 5.97 Å². The van der Waals surface area contributed by atoms with Crippen LogP contribution in [0.1, 0.15) is 30.9 Å². The van der Waals surface area contributed by atoms with Gasteiger partial charge in [0.25, 0.3) is 11.6 Å². The molecule has 0 spiro atoms. The fourth-order valence-electron chi connectivity index (χ4n) is 3.53.